The molecule has 1 aromatic heterocycles. The van der Waals surface area contributed by atoms with Gasteiger partial charge in [0.1, 0.15) is 5.69 Å². The predicted octanol–water partition coefficient (Wildman–Crippen LogP) is 2.68. The van der Waals surface area contributed by atoms with Gasteiger partial charge in [-0.1, -0.05) is 18.0 Å². The SMILES string of the molecule is O=c1c(NCCC2CCCO2)c(Cl)cnn1CC1CCC1. The Bertz CT molecular complexity index is 536. The summed E-state index contributed by atoms with van der Waals surface area (Å²) >= 11 is 6.11. The lowest BCUT2D eigenvalue weighted by molar-refractivity contribution is 0.107. The lowest BCUT2D eigenvalue weighted by Gasteiger charge is -2.25. The van der Waals surface area contributed by atoms with Crippen molar-refractivity contribution in [3.05, 3.63) is 21.6 Å². The van der Waals surface area contributed by atoms with Crippen LogP contribution in [0.4, 0.5) is 5.69 Å². The minimum absolute atomic E-state index is 0.109. The second-order valence-corrected chi connectivity index (χ2v) is 6.41. The first-order valence-electron chi connectivity index (χ1n) is 7.85. The zero-order valence-electron chi connectivity index (χ0n) is 12.2. The minimum Gasteiger partial charge on any atom is -0.379 e. The second kappa shape index (κ2) is 6.79. The van der Waals surface area contributed by atoms with Crippen LogP contribution in [0.2, 0.25) is 5.02 Å². The van der Waals surface area contributed by atoms with E-state index in [0.717, 1.165) is 25.9 Å². The molecular weight excluding hydrogens is 290 g/mol. The molecule has 1 saturated heterocycles. The normalized spacial score (nSPS) is 22.2. The molecule has 116 valence electrons. The topological polar surface area (TPSA) is 56.1 Å². The summed E-state index contributed by atoms with van der Waals surface area (Å²) in [7, 11) is 0. The molecule has 6 heteroatoms. The first-order valence-corrected chi connectivity index (χ1v) is 8.23. The fraction of sp³-hybridized carbons (Fsp3) is 0.733. The maximum absolute atomic E-state index is 12.4. The summed E-state index contributed by atoms with van der Waals surface area (Å²) in [5, 5.41) is 7.73. The van der Waals surface area contributed by atoms with Crippen LogP contribution >= 0.6 is 11.6 Å². The molecule has 1 atom stereocenters. The number of aromatic nitrogens is 2. The number of rotatable bonds is 6. The van der Waals surface area contributed by atoms with Crippen molar-refractivity contribution in [3.63, 3.8) is 0 Å². The van der Waals surface area contributed by atoms with Gasteiger partial charge in [0.15, 0.2) is 0 Å². The Morgan fingerprint density at radius 1 is 1.38 bits per heavy atom. The molecule has 0 aromatic carbocycles. The number of nitrogens with zero attached hydrogens (tertiary/aromatic N) is 2. The lowest BCUT2D eigenvalue weighted by Crippen LogP contribution is -2.31. The Labute approximate surface area is 129 Å². The number of hydrogen-bond acceptors (Lipinski definition) is 4. The van der Waals surface area contributed by atoms with E-state index in [2.05, 4.69) is 10.4 Å². The van der Waals surface area contributed by atoms with Gasteiger partial charge >= 0.3 is 0 Å². The van der Waals surface area contributed by atoms with Gasteiger partial charge in [-0.25, -0.2) is 4.68 Å². The molecule has 0 amide bonds. The Morgan fingerprint density at radius 2 is 2.24 bits per heavy atom. The molecule has 1 saturated carbocycles. The molecule has 1 N–H and O–H groups in total. The highest BCUT2D eigenvalue weighted by Gasteiger charge is 2.20. The third-order valence-corrected chi connectivity index (χ3v) is 4.73. The standard InChI is InChI=1S/C15H22ClN3O2/c16-13-9-18-19(10-11-3-1-4-11)15(20)14(13)17-7-6-12-5-2-8-21-12/h9,11-12,17H,1-8,10H2. The molecule has 2 heterocycles. The fourth-order valence-corrected chi connectivity index (χ4v) is 3.10. The number of hydrogen-bond donors (Lipinski definition) is 1. The van der Waals surface area contributed by atoms with Crippen LogP contribution in [0.5, 0.6) is 0 Å². The van der Waals surface area contributed by atoms with E-state index in [1.807, 2.05) is 0 Å². The second-order valence-electron chi connectivity index (χ2n) is 6.00. The molecule has 0 bridgehead atoms. The summed E-state index contributed by atoms with van der Waals surface area (Å²) in [6, 6.07) is 0. The average molecular weight is 312 g/mol. The molecule has 2 fully saturated rings. The van der Waals surface area contributed by atoms with E-state index in [1.54, 1.807) is 10.9 Å². The third-order valence-electron chi connectivity index (χ3n) is 4.45. The highest BCUT2D eigenvalue weighted by molar-refractivity contribution is 6.32. The number of halogens is 1. The Hall–Kier alpha value is -1.07. The van der Waals surface area contributed by atoms with Gasteiger partial charge in [0.05, 0.1) is 17.3 Å². The van der Waals surface area contributed by atoms with Crippen molar-refractivity contribution in [1.29, 1.82) is 0 Å². The van der Waals surface area contributed by atoms with Gasteiger partial charge < -0.3 is 10.1 Å². The summed E-state index contributed by atoms with van der Waals surface area (Å²) in [5.41, 5.74) is 0.366. The van der Waals surface area contributed by atoms with Gasteiger partial charge in [0.2, 0.25) is 0 Å². The highest BCUT2D eigenvalue weighted by atomic mass is 35.5. The van der Waals surface area contributed by atoms with Crippen LogP contribution in [-0.2, 0) is 11.3 Å². The summed E-state index contributed by atoms with van der Waals surface area (Å²) < 4.78 is 7.13. The molecule has 1 unspecified atom stereocenters. The Kier molecular flexibility index (Phi) is 4.80. The van der Waals surface area contributed by atoms with Crippen molar-refractivity contribution in [2.75, 3.05) is 18.5 Å². The van der Waals surface area contributed by atoms with Crippen LogP contribution in [0.25, 0.3) is 0 Å². The van der Waals surface area contributed by atoms with Gasteiger partial charge in [0, 0.05) is 19.7 Å². The first kappa shape index (κ1) is 14.9. The average Bonchev–Trinajstić information content (AvgIpc) is 2.93. The molecule has 1 aromatic rings. The predicted molar refractivity (Wildman–Crippen MR) is 82.9 cm³/mol. The van der Waals surface area contributed by atoms with E-state index in [-0.39, 0.29) is 5.56 Å². The van der Waals surface area contributed by atoms with Gasteiger partial charge in [-0.15, -0.1) is 0 Å². The largest absolute Gasteiger partial charge is 0.379 e. The van der Waals surface area contributed by atoms with Crippen LogP contribution in [0.3, 0.4) is 0 Å². The number of nitrogens with one attached hydrogen (secondary N) is 1. The van der Waals surface area contributed by atoms with E-state index < -0.39 is 0 Å². The van der Waals surface area contributed by atoms with Gasteiger partial charge in [0.25, 0.3) is 5.56 Å². The fourth-order valence-electron chi connectivity index (χ4n) is 2.91. The van der Waals surface area contributed by atoms with Crippen molar-refractivity contribution < 1.29 is 4.74 Å². The lowest BCUT2D eigenvalue weighted by atomic mass is 9.85. The molecule has 1 aliphatic carbocycles. The van der Waals surface area contributed by atoms with Crippen LogP contribution in [0.15, 0.2) is 11.0 Å². The molecule has 0 spiro atoms. The zero-order chi connectivity index (χ0) is 14.7. The maximum atomic E-state index is 12.4. The van der Waals surface area contributed by atoms with Crippen molar-refractivity contribution in [2.24, 2.45) is 5.92 Å². The summed E-state index contributed by atoms with van der Waals surface area (Å²) in [6.07, 6.45) is 8.68. The molecule has 3 rings (SSSR count). The Balaban J connectivity index is 1.62. The van der Waals surface area contributed by atoms with Crippen molar-refractivity contribution in [2.45, 2.75) is 51.2 Å². The highest BCUT2D eigenvalue weighted by Crippen LogP contribution is 2.27. The molecule has 1 aliphatic heterocycles. The third kappa shape index (κ3) is 3.58. The monoisotopic (exact) mass is 311 g/mol. The molecular formula is C15H22ClN3O2. The Morgan fingerprint density at radius 3 is 2.90 bits per heavy atom. The van der Waals surface area contributed by atoms with Crippen LogP contribution < -0.4 is 10.9 Å². The van der Waals surface area contributed by atoms with Crippen LogP contribution in [-0.4, -0.2) is 29.0 Å². The zero-order valence-corrected chi connectivity index (χ0v) is 12.9. The first-order chi connectivity index (χ1) is 10.2. The number of ether oxygens (including phenoxy) is 1. The quantitative estimate of drug-likeness (QED) is 0.877. The summed E-state index contributed by atoms with van der Waals surface area (Å²) in [4.78, 5) is 12.4. The van der Waals surface area contributed by atoms with Crippen molar-refractivity contribution >= 4 is 17.3 Å². The van der Waals surface area contributed by atoms with E-state index in [1.165, 1.54) is 19.3 Å². The molecule has 5 nitrogen and oxygen atoms in total. The molecule has 0 radical (unpaired) electrons. The summed E-state index contributed by atoms with van der Waals surface area (Å²) in [6.45, 7) is 2.26. The van der Waals surface area contributed by atoms with Gasteiger partial charge in [-0.2, -0.15) is 5.10 Å². The van der Waals surface area contributed by atoms with E-state index >= 15 is 0 Å². The number of anilines is 1. The van der Waals surface area contributed by atoms with Crippen LogP contribution in [0.1, 0.15) is 38.5 Å². The minimum atomic E-state index is -0.109. The maximum Gasteiger partial charge on any atom is 0.291 e. The van der Waals surface area contributed by atoms with Gasteiger partial charge in [-0.05, 0) is 38.0 Å². The smallest absolute Gasteiger partial charge is 0.291 e. The summed E-state index contributed by atoms with van der Waals surface area (Å²) in [5.74, 6) is 0.594. The molecule has 21 heavy (non-hydrogen) atoms. The van der Waals surface area contributed by atoms with Gasteiger partial charge in [-0.3, -0.25) is 4.79 Å². The van der Waals surface area contributed by atoms with E-state index in [9.17, 15) is 4.79 Å². The van der Waals surface area contributed by atoms with Crippen LogP contribution in [0, 0.1) is 5.92 Å². The molecule has 2 aliphatic rings. The van der Waals surface area contributed by atoms with Crippen molar-refractivity contribution in [1.82, 2.24) is 9.78 Å². The van der Waals surface area contributed by atoms with Crippen molar-refractivity contribution in [3.8, 4) is 0 Å². The van der Waals surface area contributed by atoms with E-state index in [0.29, 0.717) is 35.8 Å². The van der Waals surface area contributed by atoms with E-state index in [4.69, 9.17) is 16.3 Å².